The van der Waals surface area contributed by atoms with Crippen molar-refractivity contribution in [1.29, 1.82) is 5.26 Å². The van der Waals surface area contributed by atoms with Crippen LogP contribution in [-0.4, -0.2) is 5.97 Å². The van der Waals surface area contributed by atoms with Gasteiger partial charge >= 0.3 is 0 Å². The second-order valence-corrected chi connectivity index (χ2v) is 5.52. The molecule has 0 aliphatic carbocycles. The number of allylic oxidation sites excluding steroid dienone is 1. The minimum absolute atomic E-state index is 0.0910. The maximum absolute atomic E-state index is 10.8. The largest absolute Gasteiger partial charge is 0.545 e. The third-order valence-electron chi connectivity index (χ3n) is 3.88. The molecule has 0 unspecified atom stereocenters. The van der Waals surface area contributed by atoms with E-state index in [-0.39, 0.29) is 5.56 Å². The first-order chi connectivity index (χ1) is 12.2. The van der Waals surface area contributed by atoms with Crippen LogP contribution in [0.3, 0.4) is 0 Å². The molecule has 0 spiro atoms. The fraction of sp³-hybridized carbons (Fsp3) is 0. The van der Waals surface area contributed by atoms with Gasteiger partial charge in [-0.3, -0.25) is 0 Å². The smallest absolute Gasteiger partial charge is 0.0998 e. The first kappa shape index (κ1) is 16.2. The summed E-state index contributed by atoms with van der Waals surface area (Å²) in [4.78, 5) is 10.8. The zero-order chi connectivity index (χ0) is 17.6. The van der Waals surface area contributed by atoms with Crippen LogP contribution < -0.4 is 5.11 Å². The first-order valence-electron chi connectivity index (χ1n) is 7.76. The molecule has 0 bridgehead atoms. The number of carboxylic acids is 1. The van der Waals surface area contributed by atoms with Gasteiger partial charge in [0.2, 0.25) is 0 Å². The van der Waals surface area contributed by atoms with Gasteiger partial charge in [0, 0.05) is 0 Å². The molecule has 3 heteroatoms. The average Bonchev–Trinajstić information content (AvgIpc) is 2.67. The summed E-state index contributed by atoms with van der Waals surface area (Å²) in [6.45, 7) is 0. The zero-order valence-electron chi connectivity index (χ0n) is 13.3. The molecule has 0 aliphatic heterocycles. The molecule has 3 aromatic rings. The van der Waals surface area contributed by atoms with Crippen LogP contribution in [0.5, 0.6) is 0 Å². The highest BCUT2D eigenvalue weighted by Crippen LogP contribution is 2.22. The average molecular weight is 324 g/mol. The molecule has 0 saturated heterocycles. The predicted octanol–water partition coefficient (Wildman–Crippen LogP) is 3.78. The highest BCUT2D eigenvalue weighted by molar-refractivity contribution is 5.91. The first-order valence-corrected chi connectivity index (χ1v) is 7.76. The summed E-state index contributed by atoms with van der Waals surface area (Å²) in [6.07, 6.45) is 1.78. The Hall–Kier alpha value is -3.64. The molecule has 3 rings (SSSR count). The normalized spacial score (nSPS) is 10.9. The van der Waals surface area contributed by atoms with Crippen LogP contribution in [0.4, 0.5) is 0 Å². The highest BCUT2D eigenvalue weighted by atomic mass is 16.4. The van der Waals surface area contributed by atoms with Crippen molar-refractivity contribution in [3.05, 3.63) is 95.6 Å². The van der Waals surface area contributed by atoms with Gasteiger partial charge in [0.1, 0.15) is 0 Å². The zero-order valence-corrected chi connectivity index (χ0v) is 13.3. The Morgan fingerprint density at radius 1 is 0.800 bits per heavy atom. The Kier molecular flexibility index (Phi) is 4.73. The molecule has 0 radical (unpaired) electrons. The van der Waals surface area contributed by atoms with E-state index in [1.54, 1.807) is 18.2 Å². The van der Waals surface area contributed by atoms with Gasteiger partial charge in [0.25, 0.3) is 0 Å². The lowest BCUT2D eigenvalue weighted by Crippen LogP contribution is -2.21. The molecule has 25 heavy (non-hydrogen) atoms. The maximum atomic E-state index is 10.8. The van der Waals surface area contributed by atoms with Crippen LogP contribution in [0.1, 0.15) is 21.5 Å². The van der Waals surface area contributed by atoms with Crippen LogP contribution in [0.25, 0.3) is 22.8 Å². The number of nitriles is 1. The van der Waals surface area contributed by atoms with Crippen molar-refractivity contribution in [2.24, 2.45) is 0 Å². The third kappa shape index (κ3) is 3.82. The second kappa shape index (κ2) is 7.29. The van der Waals surface area contributed by atoms with E-state index >= 15 is 0 Å². The van der Waals surface area contributed by atoms with Gasteiger partial charge in [-0.2, -0.15) is 5.26 Å². The number of carbonyl (C=O) groups is 1. The summed E-state index contributed by atoms with van der Waals surface area (Å²) >= 11 is 0. The lowest BCUT2D eigenvalue weighted by atomic mass is 10.0. The topological polar surface area (TPSA) is 63.9 Å². The summed E-state index contributed by atoms with van der Waals surface area (Å²) in [7, 11) is 0. The van der Waals surface area contributed by atoms with Crippen molar-refractivity contribution in [2.45, 2.75) is 0 Å². The molecule has 0 N–H and O–H groups in total. The van der Waals surface area contributed by atoms with E-state index in [1.807, 2.05) is 54.6 Å². The van der Waals surface area contributed by atoms with E-state index in [1.165, 1.54) is 12.1 Å². The van der Waals surface area contributed by atoms with Gasteiger partial charge in [0.05, 0.1) is 17.6 Å². The number of carboxylic acid groups (broad SMARTS) is 1. The fourth-order valence-corrected chi connectivity index (χ4v) is 2.54. The Bertz CT molecular complexity index is 948. The van der Waals surface area contributed by atoms with E-state index in [9.17, 15) is 15.2 Å². The predicted molar refractivity (Wildman–Crippen MR) is 96.1 cm³/mol. The van der Waals surface area contributed by atoms with Gasteiger partial charge in [-0.25, -0.2) is 0 Å². The number of nitrogens with zero attached hydrogens (tertiary/aromatic N) is 1. The molecule has 120 valence electrons. The molecule has 3 nitrogen and oxygen atoms in total. The molecular formula is C22H14NO2-. The standard InChI is InChI=1S/C22H15NO2/c23-15-21(19-10-12-20(13-11-19)22(24)25)14-16-6-8-18(9-7-16)17-4-2-1-3-5-17/h1-14H,(H,24,25)/p-1/b21-14+. The molecule has 0 fully saturated rings. The summed E-state index contributed by atoms with van der Waals surface area (Å²) in [6, 6.07) is 26.2. The summed E-state index contributed by atoms with van der Waals surface area (Å²) in [5.74, 6) is -1.23. The molecule has 0 atom stereocenters. The summed E-state index contributed by atoms with van der Waals surface area (Å²) in [5, 5.41) is 20.2. The van der Waals surface area contributed by atoms with E-state index in [4.69, 9.17) is 0 Å². The van der Waals surface area contributed by atoms with Crippen LogP contribution in [0.15, 0.2) is 78.9 Å². The quantitative estimate of drug-likeness (QED) is 0.542. The SMILES string of the molecule is N#C/C(=C\c1ccc(-c2ccccc2)cc1)c1ccc(C(=O)[O-])cc1. The van der Waals surface area contributed by atoms with E-state index in [0.29, 0.717) is 11.1 Å². The Morgan fingerprint density at radius 3 is 1.92 bits per heavy atom. The lowest BCUT2D eigenvalue weighted by Gasteiger charge is -2.05. The van der Waals surface area contributed by atoms with Gasteiger partial charge in [-0.05, 0) is 33.9 Å². The number of hydrogen-bond acceptors (Lipinski definition) is 3. The van der Waals surface area contributed by atoms with Crippen molar-refractivity contribution >= 4 is 17.6 Å². The summed E-state index contributed by atoms with van der Waals surface area (Å²) < 4.78 is 0. The number of carbonyl (C=O) groups excluding carboxylic acids is 1. The van der Waals surface area contributed by atoms with E-state index < -0.39 is 5.97 Å². The number of hydrogen-bond donors (Lipinski definition) is 0. The van der Waals surface area contributed by atoms with Gasteiger partial charge in [-0.15, -0.1) is 0 Å². The molecule has 0 heterocycles. The second-order valence-electron chi connectivity index (χ2n) is 5.52. The molecule has 0 aliphatic rings. The van der Waals surface area contributed by atoms with Crippen molar-refractivity contribution in [3.63, 3.8) is 0 Å². The Balaban J connectivity index is 1.87. The van der Waals surface area contributed by atoms with Crippen LogP contribution in [0, 0.1) is 11.3 Å². The van der Waals surface area contributed by atoms with Crippen molar-refractivity contribution in [3.8, 4) is 17.2 Å². The lowest BCUT2D eigenvalue weighted by molar-refractivity contribution is -0.255. The fourth-order valence-electron chi connectivity index (χ4n) is 2.54. The monoisotopic (exact) mass is 324 g/mol. The molecule has 0 aromatic heterocycles. The van der Waals surface area contributed by atoms with Gasteiger partial charge in [0.15, 0.2) is 0 Å². The van der Waals surface area contributed by atoms with Crippen LogP contribution in [-0.2, 0) is 0 Å². The molecule has 0 amide bonds. The minimum Gasteiger partial charge on any atom is -0.545 e. The van der Waals surface area contributed by atoms with E-state index in [2.05, 4.69) is 6.07 Å². The molecule has 0 saturated carbocycles. The van der Waals surface area contributed by atoms with Crippen molar-refractivity contribution < 1.29 is 9.90 Å². The Morgan fingerprint density at radius 2 is 1.36 bits per heavy atom. The molecular weight excluding hydrogens is 310 g/mol. The summed E-state index contributed by atoms with van der Waals surface area (Å²) in [5.41, 5.74) is 4.37. The maximum Gasteiger partial charge on any atom is 0.0998 e. The third-order valence-corrected chi connectivity index (χ3v) is 3.88. The van der Waals surface area contributed by atoms with Crippen LogP contribution >= 0.6 is 0 Å². The molecule has 3 aromatic carbocycles. The number of rotatable bonds is 4. The highest BCUT2D eigenvalue weighted by Gasteiger charge is 2.03. The number of aromatic carboxylic acids is 1. The van der Waals surface area contributed by atoms with Gasteiger partial charge in [-0.1, -0.05) is 78.9 Å². The van der Waals surface area contributed by atoms with Crippen molar-refractivity contribution in [1.82, 2.24) is 0 Å². The Labute approximate surface area is 146 Å². The minimum atomic E-state index is -1.23. The number of benzene rings is 3. The van der Waals surface area contributed by atoms with E-state index in [0.717, 1.165) is 16.7 Å². The van der Waals surface area contributed by atoms with Gasteiger partial charge < -0.3 is 9.90 Å². The van der Waals surface area contributed by atoms with Crippen molar-refractivity contribution in [2.75, 3.05) is 0 Å². The van der Waals surface area contributed by atoms with Crippen LogP contribution in [0.2, 0.25) is 0 Å².